The van der Waals surface area contributed by atoms with Crippen LogP contribution in [-0.2, 0) is 4.74 Å². The summed E-state index contributed by atoms with van der Waals surface area (Å²) in [6.07, 6.45) is 5.73. The average Bonchev–Trinajstić information content (AvgIpc) is 1.94. The van der Waals surface area contributed by atoms with Gasteiger partial charge in [0.1, 0.15) is 0 Å². The molecule has 1 heteroatoms. The molecule has 1 unspecified atom stereocenters. The first kappa shape index (κ1) is 9.63. The molecule has 0 N–H and O–H groups in total. The van der Waals surface area contributed by atoms with Crippen molar-refractivity contribution in [2.45, 2.75) is 40.0 Å². The molecule has 1 fully saturated rings. The molecule has 0 bridgehead atoms. The minimum atomic E-state index is 0.532. The Morgan fingerprint density at radius 2 is 2.17 bits per heavy atom. The van der Waals surface area contributed by atoms with Crippen LogP contribution in [0.3, 0.4) is 0 Å². The summed E-state index contributed by atoms with van der Waals surface area (Å²) in [5.74, 6) is 0.702. The van der Waals surface area contributed by atoms with E-state index in [2.05, 4.69) is 20.8 Å². The lowest BCUT2D eigenvalue weighted by molar-refractivity contribution is 0.225. The predicted octanol–water partition coefficient (Wildman–Crippen LogP) is 3.36. The van der Waals surface area contributed by atoms with Crippen LogP contribution in [0.1, 0.15) is 40.0 Å². The molecule has 0 aromatic rings. The molecule has 1 rings (SSSR count). The smallest absolute Gasteiger partial charge is 0.0819 e. The summed E-state index contributed by atoms with van der Waals surface area (Å²) < 4.78 is 5.06. The molecule has 0 spiro atoms. The zero-order valence-electron chi connectivity index (χ0n) is 8.68. The lowest BCUT2D eigenvalue weighted by atomic mass is 9.71. The van der Waals surface area contributed by atoms with Crippen LogP contribution in [0.5, 0.6) is 0 Å². The Hall–Kier alpha value is -0.460. The SMILES string of the molecule is CO/C=C1\CCC(C)(C)CC1C. The van der Waals surface area contributed by atoms with E-state index in [1.807, 2.05) is 6.26 Å². The fourth-order valence-corrected chi connectivity index (χ4v) is 2.12. The van der Waals surface area contributed by atoms with Gasteiger partial charge in [-0.3, -0.25) is 0 Å². The van der Waals surface area contributed by atoms with Crippen molar-refractivity contribution >= 4 is 0 Å². The van der Waals surface area contributed by atoms with Gasteiger partial charge in [0, 0.05) is 0 Å². The molecule has 1 aliphatic rings. The van der Waals surface area contributed by atoms with E-state index in [0.29, 0.717) is 11.3 Å². The van der Waals surface area contributed by atoms with Gasteiger partial charge in [0.05, 0.1) is 13.4 Å². The maximum absolute atomic E-state index is 5.06. The minimum Gasteiger partial charge on any atom is -0.504 e. The molecule has 70 valence electrons. The fourth-order valence-electron chi connectivity index (χ4n) is 2.12. The second-order valence-electron chi connectivity index (χ2n) is 4.70. The van der Waals surface area contributed by atoms with Gasteiger partial charge < -0.3 is 4.74 Å². The van der Waals surface area contributed by atoms with E-state index in [0.717, 1.165) is 0 Å². The molecule has 0 radical (unpaired) electrons. The molecule has 1 nitrogen and oxygen atoms in total. The molecule has 0 aromatic heterocycles. The van der Waals surface area contributed by atoms with Crippen LogP contribution < -0.4 is 0 Å². The highest BCUT2D eigenvalue weighted by molar-refractivity contribution is 5.07. The molecule has 1 aliphatic carbocycles. The van der Waals surface area contributed by atoms with E-state index in [1.165, 1.54) is 24.8 Å². The Labute approximate surface area is 75.8 Å². The van der Waals surface area contributed by atoms with Gasteiger partial charge in [0.25, 0.3) is 0 Å². The van der Waals surface area contributed by atoms with Crippen molar-refractivity contribution in [2.75, 3.05) is 7.11 Å². The van der Waals surface area contributed by atoms with Gasteiger partial charge in [0.15, 0.2) is 0 Å². The van der Waals surface area contributed by atoms with E-state index in [9.17, 15) is 0 Å². The van der Waals surface area contributed by atoms with Crippen molar-refractivity contribution < 1.29 is 4.74 Å². The monoisotopic (exact) mass is 168 g/mol. The first-order valence-electron chi connectivity index (χ1n) is 4.77. The van der Waals surface area contributed by atoms with Crippen LogP contribution in [0.2, 0.25) is 0 Å². The fraction of sp³-hybridized carbons (Fsp3) is 0.818. The summed E-state index contributed by atoms with van der Waals surface area (Å²) in [7, 11) is 1.74. The van der Waals surface area contributed by atoms with E-state index < -0.39 is 0 Å². The second kappa shape index (κ2) is 3.51. The summed E-state index contributed by atoms with van der Waals surface area (Å²) in [4.78, 5) is 0. The number of hydrogen-bond acceptors (Lipinski definition) is 1. The van der Waals surface area contributed by atoms with Gasteiger partial charge in [-0.25, -0.2) is 0 Å². The van der Waals surface area contributed by atoms with Gasteiger partial charge >= 0.3 is 0 Å². The maximum atomic E-state index is 5.06. The van der Waals surface area contributed by atoms with E-state index in [-0.39, 0.29) is 0 Å². The van der Waals surface area contributed by atoms with Crippen molar-refractivity contribution in [1.29, 1.82) is 0 Å². The van der Waals surface area contributed by atoms with Crippen LogP contribution in [0.25, 0.3) is 0 Å². The van der Waals surface area contributed by atoms with Gasteiger partial charge in [-0.1, -0.05) is 20.8 Å². The van der Waals surface area contributed by atoms with Crippen molar-refractivity contribution in [3.8, 4) is 0 Å². The Bertz CT molecular complexity index is 179. The number of rotatable bonds is 1. The predicted molar refractivity (Wildman–Crippen MR) is 51.9 cm³/mol. The molecule has 0 aliphatic heterocycles. The third-order valence-electron chi connectivity index (χ3n) is 2.85. The molecular formula is C11H20O. The highest BCUT2D eigenvalue weighted by atomic mass is 16.5. The lowest BCUT2D eigenvalue weighted by Gasteiger charge is -2.35. The maximum Gasteiger partial charge on any atom is 0.0819 e. The Kier molecular flexibility index (Phi) is 2.81. The molecule has 0 heterocycles. The number of ether oxygens (including phenoxy) is 1. The second-order valence-corrected chi connectivity index (χ2v) is 4.70. The zero-order valence-corrected chi connectivity index (χ0v) is 8.68. The Morgan fingerprint density at radius 3 is 2.67 bits per heavy atom. The quantitative estimate of drug-likeness (QED) is 0.545. The van der Waals surface area contributed by atoms with Crippen molar-refractivity contribution in [3.63, 3.8) is 0 Å². The van der Waals surface area contributed by atoms with Gasteiger partial charge in [-0.05, 0) is 36.2 Å². The lowest BCUT2D eigenvalue weighted by Crippen LogP contribution is -2.22. The molecule has 0 saturated heterocycles. The number of allylic oxidation sites excluding steroid dienone is 1. The zero-order chi connectivity index (χ0) is 9.19. The number of methoxy groups -OCH3 is 1. The average molecular weight is 168 g/mol. The Morgan fingerprint density at radius 1 is 1.50 bits per heavy atom. The van der Waals surface area contributed by atoms with Gasteiger partial charge in [-0.15, -0.1) is 0 Å². The normalized spacial score (nSPS) is 32.0. The summed E-state index contributed by atoms with van der Waals surface area (Å²) in [6, 6.07) is 0. The van der Waals surface area contributed by atoms with E-state index in [1.54, 1.807) is 7.11 Å². The largest absolute Gasteiger partial charge is 0.504 e. The summed E-state index contributed by atoms with van der Waals surface area (Å²) in [5, 5.41) is 0. The van der Waals surface area contributed by atoms with Crippen molar-refractivity contribution in [3.05, 3.63) is 11.8 Å². The van der Waals surface area contributed by atoms with Gasteiger partial charge in [0.2, 0.25) is 0 Å². The van der Waals surface area contributed by atoms with Crippen molar-refractivity contribution in [2.24, 2.45) is 11.3 Å². The van der Waals surface area contributed by atoms with Crippen LogP contribution in [0.15, 0.2) is 11.8 Å². The molecule has 0 aromatic carbocycles. The first-order valence-corrected chi connectivity index (χ1v) is 4.77. The third kappa shape index (κ3) is 2.26. The third-order valence-corrected chi connectivity index (χ3v) is 2.85. The van der Waals surface area contributed by atoms with E-state index in [4.69, 9.17) is 4.74 Å². The minimum absolute atomic E-state index is 0.532. The summed E-state index contributed by atoms with van der Waals surface area (Å²) in [5.41, 5.74) is 2.02. The molecular weight excluding hydrogens is 148 g/mol. The molecule has 1 atom stereocenters. The van der Waals surface area contributed by atoms with E-state index >= 15 is 0 Å². The first-order chi connectivity index (χ1) is 5.55. The number of hydrogen-bond donors (Lipinski definition) is 0. The molecule has 0 amide bonds. The standard InChI is InChI=1S/C11H20O/c1-9-7-11(2,3)6-5-10(9)8-12-4/h8-9H,5-7H2,1-4H3/b10-8+. The topological polar surface area (TPSA) is 9.23 Å². The summed E-state index contributed by atoms with van der Waals surface area (Å²) >= 11 is 0. The molecule has 12 heavy (non-hydrogen) atoms. The Balaban J connectivity index is 2.60. The van der Waals surface area contributed by atoms with Crippen LogP contribution in [0.4, 0.5) is 0 Å². The van der Waals surface area contributed by atoms with Gasteiger partial charge in [-0.2, -0.15) is 0 Å². The van der Waals surface area contributed by atoms with Crippen LogP contribution in [-0.4, -0.2) is 7.11 Å². The highest BCUT2D eigenvalue weighted by Gasteiger charge is 2.28. The van der Waals surface area contributed by atoms with Crippen molar-refractivity contribution in [1.82, 2.24) is 0 Å². The highest BCUT2D eigenvalue weighted by Crippen LogP contribution is 2.41. The van der Waals surface area contributed by atoms with Crippen LogP contribution >= 0.6 is 0 Å². The summed E-state index contributed by atoms with van der Waals surface area (Å²) in [6.45, 7) is 7.01. The molecule has 1 saturated carbocycles. The van der Waals surface area contributed by atoms with Crippen LogP contribution in [0, 0.1) is 11.3 Å².